The molecule has 3 aliphatic rings. The van der Waals surface area contributed by atoms with Gasteiger partial charge in [-0.05, 0) is 49.7 Å². The van der Waals surface area contributed by atoms with Crippen LogP contribution in [0.4, 0.5) is 14.6 Å². The lowest BCUT2D eigenvalue weighted by Gasteiger charge is -2.47. The van der Waals surface area contributed by atoms with E-state index in [4.69, 9.17) is 0 Å². The summed E-state index contributed by atoms with van der Waals surface area (Å²) in [7, 11) is 0. The first kappa shape index (κ1) is 23.1. The highest BCUT2D eigenvalue weighted by Crippen LogP contribution is 2.46. The third-order valence-electron chi connectivity index (χ3n) is 7.82. The summed E-state index contributed by atoms with van der Waals surface area (Å²) in [4.78, 5) is 24.4. The number of aromatic nitrogens is 3. The van der Waals surface area contributed by atoms with Gasteiger partial charge in [0.05, 0.1) is 28.8 Å². The molecular formula is C28H23F2N5O2. The molecule has 0 unspecified atom stereocenters. The quantitative estimate of drug-likeness (QED) is 0.322. The minimum atomic E-state index is -0.821. The molecule has 0 amide bonds. The summed E-state index contributed by atoms with van der Waals surface area (Å²) in [6.45, 7) is 0. The van der Waals surface area contributed by atoms with E-state index in [2.05, 4.69) is 26.3 Å². The van der Waals surface area contributed by atoms with Crippen LogP contribution in [-0.4, -0.2) is 32.1 Å². The second-order valence-electron chi connectivity index (χ2n) is 9.84. The van der Waals surface area contributed by atoms with Crippen molar-refractivity contribution >= 4 is 22.7 Å². The summed E-state index contributed by atoms with van der Waals surface area (Å²) in [5.41, 5.74) is 1.97. The van der Waals surface area contributed by atoms with Gasteiger partial charge in [0.15, 0.2) is 5.82 Å². The minimum absolute atomic E-state index is 0.111. The number of nitriles is 1. The van der Waals surface area contributed by atoms with Crippen molar-refractivity contribution in [1.29, 1.82) is 5.26 Å². The normalized spacial score (nSPS) is 22.6. The van der Waals surface area contributed by atoms with Crippen molar-refractivity contribution in [1.82, 2.24) is 15.0 Å². The number of hydrogen-bond donors (Lipinski definition) is 3. The highest BCUT2D eigenvalue weighted by atomic mass is 19.1. The molecule has 3 fully saturated rings. The summed E-state index contributed by atoms with van der Waals surface area (Å²) >= 11 is 0. The molecule has 3 aliphatic carbocycles. The van der Waals surface area contributed by atoms with Crippen LogP contribution in [0.2, 0.25) is 0 Å². The molecule has 7 rings (SSSR count). The Bertz CT molecular complexity index is 1570. The minimum Gasteiger partial charge on any atom is -0.481 e. The molecule has 0 aliphatic heterocycles. The van der Waals surface area contributed by atoms with Gasteiger partial charge in [-0.25, -0.2) is 18.7 Å². The molecule has 2 heterocycles. The van der Waals surface area contributed by atoms with Gasteiger partial charge >= 0.3 is 5.97 Å². The van der Waals surface area contributed by atoms with Crippen molar-refractivity contribution in [3.8, 4) is 28.7 Å². The fraction of sp³-hybridized carbons (Fsp3) is 0.286. The van der Waals surface area contributed by atoms with E-state index in [0.717, 1.165) is 31.7 Å². The number of hydrogen-bond acceptors (Lipinski definition) is 5. The largest absolute Gasteiger partial charge is 0.481 e. The topological polar surface area (TPSA) is 115 Å². The van der Waals surface area contributed by atoms with Gasteiger partial charge in [-0.3, -0.25) is 4.79 Å². The van der Waals surface area contributed by atoms with Crippen LogP contribution in [0.5, 0.6) is 0 Å². The first-order valence-electron chi connectivity index (χ1n) is 12.3. The highest BCUT2D eigenvalue weighted by molar-refractivity contribution is 5.94. The van der Waals surface area contributed by atoms with Gasteiger partial charge in [-0.15, -0.1) is 0 Å². The van der Waals surface area contributed by atoms with Crippen LogP contribution in [0.3, 0.4) is 0 Å². The SMILES string of the molecule is N#Cc1ccccc1-c1cc(N[C@H]2C3CCC(CC3)[C@@H]2C(=O)O)nc(-c2c[nH]c3c(F)cc(F)cc23)n1. The molecule has 2 aromatic carbocycles. The lowest BCUT2D eigenvalue weighted by atomic mass is 9.61. The van der Waals surface area contributed by atoms with Crippen LogP contribution in [-0.2, 0) is 4.79 Å². The smallest absolute Gasteiger partial charge is 0.308 e. The maximum atomic E-state index is 14.4. The predicted molar refractivity (Wildman–Crippen MR) is 133 cm³/mol. The zero-order valence-electron chi connectivity index (χ0n) is 19.7. The number of carbonyl (C=O) groups is 1. The lowest BCUT2D eigenvalue weighted by Crippen LogP contribution is -2.51. The molecule has 2 atom stereocenters. The zero-order chi connectivity index (χ0) is 25.7. The van der Waals surface area contributed by atoms with Crippen molar-refractivity contribution < 1.29 is 18.7 Å². The fourth-order valence-electron chi connectivity index (χ4n) is 6.11. The van der Waals surface area contributed by atoms with E-state index >= 15 is 0 Å². The number of anilines is 1. The van der Waals surface area contributed by atoms with Gasteiger partial charge < -0.3 is 15.4 Å². The maximum absolute atomic E-state index is 14.4. The van der Waals surface area contributed by atoms with E-state index < -0.39 is 23.5 Å². The molecule has 9 heteroatoms. The highest BCUT2D eigenvalue weighted by Gasteiger charge is 2.47. The van der Waals surface area contributed by atoms with E-state index in [-0.39, 0.29) is 34.6 Å². The summed E-state index contributed by atoms with van der Waals surface area (Å²) in [5, 5.41) is 23.3. The average Bonchev–Trinajstić information content (AvgIpc) is 3.33. The molecule has 0 saturated heterocycles. The second-order valence-corrected chi connectivity index (χ2v) is 9.84. The van der Waals surface area contributed by atoms with E-state index in [1.165, 1.54) is 12.3 Å². The Morgan fingerprint density at radius 1 is 1.05 bits per heavy atom. The average molecular weight is 500 g/mol. The van der Waals surface area contributed by atoms with Crippen molar-refractivity contribution in [3.05, 3.63) is 65.9 Å². The van der Waals surface area contributed by atoms with Crippen molar-refractivity contribution in [2.75, 3.05) is 5.32 Å². The van der Waals surface area contributed by atoms with Crippen LogP contribution in [0.1, 0.15) is 31.2 Å². The van der Waals surface area contributed by atoms with Crippen LogP contribution < -0.4 is 5.32 Å². The van der Waals surface area contributed by atoms with Gasteiger partial charge in [-0.1, -0.05) is 18.2 Å². The Labute approximate surface area is 211 Å². The van der Waals surface area contributed by atoms with Crippen LogP contribution in [0, 0.1) is 40.7 Å². The van der Waals surface area contributed by atoms with Gasteiger partial charge in [0.2, 0.25) is 0 Å². The molecule has 3 saturated carbocycles. The van der Waals surface area contributed by atoms with Gasteiger partial charge in [0, 0.05) is 40.9 Å². The number of carboxylic acid groups (broad SMARTS) is 1. The number of benzene rings is 2. The van der Waals surface area contributed by atoms with Crippen LogP contribution >= 0.6 is 0 Å². The molecular weight excluding hydrogens is 476 g/mol. The molecule has 2 bridgehead atoms. The third kappa shape index (κ3) is 3.99. The molecule has 4 aromatic rings. The number of aromatic amines is 1. The Hall–Kier alpha value is -4.32. The lowest BCUT2D eigenvalue weighted by molar-refractivity contribution is -0.148. The molecule has 3 N–H and O–H groups in total. The number of nitrogens with zero attached hydrogens (tertiary/aromatic N) is 3. The molecule has 7 nitrogen and oxygen atoms in total. The first-order chi connectivity index (χ1) is 17.9. The standard InChI is InChI=1S/C28H23F2N5O2/c29-17-9-19-20(13-32-26(19)21(30)10-17)27-33-22(18-4-2-1-3-16(18)12-31)11-23(35-27)34-25-15-7-5-14(6-8-15)24(25)28(36)37/h1-4,9-11,13-15,24-25,32H,5-8H2,(H,36,37)(H,33,34,35)/t14?,15?,24-,25-/m0/s1. The number of fused-ring (bicyclic) bond motifs is 4. The molecule has 37 heavy (non-hydrogen) atoms. The summed E-state index contributed by atoms with van der Waals surface area (Å²) < 4.78 is 28.5. The van der Waals surface area contributed by atoms with E-state index in [9.17, 15) is 23.9 Å². The van der Waals surface area contributed by atoms with Gasteiger partial charge in [-0.2, -0.15) is 5.26 Å². The summed E-state index contributed by atoms with van der Waals surface area (Å²) in [6, 6.07) is 12.6. The Balaban J connectivity index is 1.50. The summed E-state index contributed by atoms with van der Waals surface area (Å²) in [6.07, 6.45) is 5.24. The van der Waals surface area contributed by atoms with E-state index in [1.807, 2.05) is 0 Å². The number of nitrogens with one attached hydrogen (secondary N) is 2. The number of aliphatic carboxylic acids is 1. The van der Waals surface area contributed by atoms with Crippen LogP contribution in [0.25, 0.3) is 33.5 Å². The second kappa shape index (κ2) is 8.96. The van der Waals surface area contributed by atoms with Crippen LogP contribution in [0.15, 0.2) is 48.7 Å². The monoisotopic (exact) mass is 499 g/mol. The molecule has 0 spiro atoms. The fourth-order valence-corrected chi connectivity index (χ4v) is 6.11. The number of halogens is 2. The first-order valence-corrected chi connectivity index (χ1v) is 12.3. The molecule has 0 radical (unpaired) electrons. The molecule has 186 valence electrons. The number of rotatable bonds is 5. The van der Waals surface area contributed by atoms with Crippen molar-refractivity contribution in [2.45, 2.75) is 31.7 Å². The summed E-state index contributed by atoms with van der Waals surface area (Å²) in [5.74, 6) is -1.88. The maximum Gasteiger partial charge on any atom is 0.308 e. The van der Waals surface area contributed by atoms with Gasteiger partial charge in [0.25, 0.3) is 0 Å². The predicted octanol–water partition coefficient (Wildman–Crippen LogP) is 5.74. The zero-order valence-corrected chi connectivity index (χ0v) is 19.7. The van der Waals surface area contributed by atoms with E-state index in [0.29, 0.717) is 28.2 Å². The Kier molecular flexibility index (Phi) is 5.60. The Morgan fingerprint density at radius 3 is 2.57 bits per heavy atom. The third-order valence-corrected chi connectivity index (χ3v) is 7.82. The number of carboxylic acids is 1. The van der Waals surface area contributed by atoms with Crippen molar-refractivity contribution in [3.63, 3.8) is 0 Å². The van der Waals surface area contributed by atoms with Crippen molar-refractivity contribution in [2.24, 2.45) is 17.8 Å². The Morgan fingerprint density at radius 2 is 1.81 bits per heavy atom. The van der Waals surface area contributed by atoms with E-state index in [1.54, 1.807) is 30.3 Å². The molecule has 2 aromatic heterocycles. The number of H-pyrrole nitrogens is 1. The van der Waals surface area contributed by atoms with Gasteiger partial charge in [0.1, 0.15) is 17.5 Å².